The van der Waals surface area contributed by atoms with Crippen LogP contribution in [-0.4, -0.2) is 21.1 Å². The van der Waals surface area contributed by atoms with Gasteiger partial charge in [-0.15, -0.1) is 0 Å². The predicted molar refractivity (Wildman–Crippen MR) is 84.1 cm³/mol. The minimum absolute atomic E-state index is 0.169. The van der Waals surface area contributed by atoms with Crippen molar-refractivity contribution in [2.75, 3.05) is 0 Å². The molecule has 0 saturated carbocycles. The van der Waals surface area contributed by atoms with Crippen LogP contribution in [0, 0.1) is 0 Å². The highest BCUT2D eigenvalue weighted by molar-refractivity contribution is 5.93. The maximum atomic E-state index is 12.3. The van der Waals surface area contributed by atoms with Gasteiger partial charge in [0.2, 0.25) is 0 Å². The molecule has 0 aliphatic carbocycles. The van der Waals surface area contributed by atoms with Crippen molar-refractivity contribution < 1.29 is 4.79 Å². The Bertz CT molecular complexity index is 753. The predicted octanol–water partition coefficient (Wildman–Crippen LogP) is 2.96. The van der Waals surface area contributed by atoms with Crippen molar-refractivity contribution >= 4 is 5.91 Å². The van der Waals surface area contributed by atoms with E-state index in [2.05, 4.69) is 20.5 Å². The van der Waals surface area contributed by atoms with E-state index in [4.69, 9.17) is 0 Å². The molecule has 3 rings (SSSR count). The number of carbonyl (C=O) groups excluding carboxylic acids is 1. The molecule has 1 unspecified atom stereocenters. The zero-order chi connectivity index (χ0) is 15.4. The molecule has 5 heteroatoms. The fourth-order valence-electron chi connectivity index (χ4n) is 2.18. The summed E-state index contributed by atoms with van der Waals surface area (Å²) in [6.07, 6.45) is 1.71. The lowest BCUT2D eigenvalue weighted by atomic mass is 10.1. The Morgan fingerprint density at radius 2 is 1.91 bits per heavy atom. The van der Waals surface area contributed by atoms with Crippen LogP contribution >= 0.6 is 0 Å². The van der Waals surface area contributed by atoms with E-state index in [0.717, 1.165) is 17.0 Å². The number of pyridine rings is 1. The van der Waals surface area contributed by atoms with Crippen LogP contribution in [0.3, 0.4) is 0 Å². The summed E-state index contributed by atoms with van der Waals surface area (Å²) in [5, 5.41) is 9.87. The third-order valence-corrected chi connectivity index (χ3v) is 3.37. The largest absolute Gasteiger partial charge is 0.343 e. The van der Waals surface area contributed by atoms with Crippen LogP contribution in [0.5, 0.6) is 0 Å². The standard InChI is InChI=1S/C17H16N4O/c1-12(14-9-5-6-10-18-14)19-17(22)16-11-15(20-21-16)13-7-3-2-4-8-13/h2-12H,1H3,(H,19,22)(H,20,21). The zero-order valence-electron chi connectivity index (χ0n) is 12.2. The van der Waals surface area contributed by atoms with E-state index >= 15 is 0 Å². The van der Waals surface area contributed by atoms with Gasteiger partial charge in [-0.05, 0) is 25.1 Å². The number of aromatic amines is 1. The van der Waals surface area contributed by atoms with Crippen molar-refractivity contribution in [1.82, 2.24) is 20.5 Å². The molecular formula is C17H16N4O. The number of nitrogens with one attached hydrogen (secondary N) is 2. The second kappa shape index (κ2) is 6.22. The maximum absolute atomic E-state index is 12.3. The Kier molecular flexibility index (Phi) is 3.96. The number of hydrogen-bond donors (Lipinski definition) is 2. The number of aromatic nitrogens is 3. The minimum atomic E-state index is -0.201. The van der Waals surface area contributed by atoms with Crippen molar-refractivity contribution in [3.05, 3.63) is 72.2 Å². The molecule has 0 bridgehead atoms. The molecule has 0 aliphatic heterocycles. The van der Waals surface area contributed by atoms with Crippen molar-refractivity contribution in [3.8, 4) is 11.3 Å². The molecule has 0 spiro atoms. The molecule has 110 valence electrons. The second-order valence-electron chi connectivity index (χ2n) is 4.98. The first-order valence-corrected chi connectivity index (χ1v) is 7.06. The SMILES string of the molecule is CC(NC(=O)c1cc(-c2ccccc2)n[nH]1)c1ccccn1. The lowest BCUT2D eigenvalue weighted by Gasteiger charge is -2.12. The Morgan fingerprint density at radius 3 is 2.64 bits per heavy atom. The van der Waals surface area contributed by atoms with Crippen LogP contribution < -0.4 is 5.32 Å². The van der Waals surface area contributed by atoms with Crippen LogP contribution in [0.4, 0.5) is 0 Å². The summed E-state index contributed by atoms with van der Waals surface area (Å²) < 4.78 is 0. The van der Waals surface area contributed by atoms with Crippen LogP contribution in [-0.2, 0) is 0 Å². The molecule has 1 aromatic carbocycles. The van der Waals surface area contributed by atoms with Crippen molar-refractivity contribution in [3.63, 3.8) is 0 Å². The number of nitrogens with zero attached hydrogens (tertiary/aromatic N) is 2. The monoisotopic (exact) mass is 292 g/mol. The Hall–Kier alpha value is -2.95. The van der Waals surface area contributed by atoms with E-state index in [1.165, 1.54) is 0 Å². The van der Waals surface area contributed by atoms with E-state index in [9.17, 15) is 4.79 Å². The zero-order valence-corrected chi connectivity index (χ0v) is 12.2. The first kappa shape index (κ1) is 14.0. The number of benzene rings is 1. The average molecular weight is 292 g/mol. The minimum Gasteiger partial charge on any atom is -0.343 e. The normalized spacial score (nSPS) is 11.9. The van der Waals surface area contributed by atoms with Gasteiger partial charge in [0.15, 0.2) is 0 Å². The summed E-state index contributed by atoms with van der Waals surface area (Å²) in [6, 6.07) is 16.9. The molecule has 0 fully saturated rings. The Balaban J connectivity index is 1.72. The molecule has 1 amide bonds. The number of carbonyl (C=O) groups is 1. The second-order valence-corrected chi connectivity index (χ2v) is 4.98. The Labute approximate surface area is 128 Å². The van der Waals surface area contributed by atoms with Crippen LogP contribution in [0.15, 0.2) is 60.8 Å². The van der Waals surface area contributed by atoms with E-state index in [0.29, 0.717) is 5.69 Å². The molecule has 5 nitrogen and oxygen atoms in total. The summed E-state index contributed by atoms with van der Waals surface area (Å²) in [6.45, 7) is 1.90. The molecule has 0 radical (unpaired) electrons. The third kappa shape index (κ3) is 3.03. The molecule has 0 aliphatic rings. The molecule has 0 saturated heterocycles. The third-order valence-electron chi connectivity index (χ3n) is 3.37. The van der Waals surface area contributed by atoms with Crippen LogP contribution in [0.25, 0.3) is 11.3 Å². The average Bonchev–Trinajstić information content (AvgIpc) is 3.06. The maximum Gasteiger partial charge on any atom is 0.269 e. The van der Waals surface area contributed by atoms with Gasteiger partial charge in [-0.1, -0.05) is 36.4 Å². The number of hydrogen-bond acceptors (Lipinski definition) is 3. The van der Waals surface area contributed by atoms with Crippen molar-refractivity contribution in [2.24, 2.45) is 0 Å². The van der Waals surface area contributed by atoms with Gasteiger partial charge < -0.3 is 5.32 Å². The van der Waals surface area contributed by atoms with Gasteiger partial charge >= 0.3 is 0 Å². The number of rotatable bonds is 4. The summed E-state index contributed by atoms with van der Waals surface area (Å²) in [5.41, 5.74) is 2.96. The van der Waals surface area contributed by atoms with Gasteiger partial charge in [0.25, 0.3) is 5.91 Å². The van der Waals surface area contributed by atoms with Gasteiger partial charge in [-0.3, -0.25) is 14.9 Å². The van der Waals surface area contributed by atoms with Crippen molar-refractivity contribution in [1.29, 1.82) is 0 Å². The smallest absolute Gasteiger partial charge is 0.269 e. The summed E-state index contributed by atoms with van der Waals surface area (Å²) in [4.78, 5) is 16.5. The van der Waals surface area contributed by atoms with Gasteiger partial charge in [0.05, 0.1) is 17.4 Å². The van der Waals surface area contributed by atoms with E-state index in [-0.39, 0.29) is 11.9 Å². The van der Waals surface area contributed by atoms with Crippen molar-refractivity contribution in [2.45, 2.75) is 13.0 Å². The number of amides is 1. The highest BCUT2D eigenvalue weighted by atomic mass is 16.2. The highest BCUT2D eigenvalue weighted by Gasteiger charge is 2.14. The summed E-state index contributed by atoms with van der Waals surface area (Å²) >= 11 is 0. The van der Waals surface area contributed by atoms with Crippen LogP contribution in [0.2, 0.25) is 0 Å². The lowest BCUT2D eigenvalue weighted by molar-refractivity contribution is 0.0934. The van der Waals surface area contributed by atoms with Gasteiger partial charge in [-0.2, -0.15) is 5.10 Å². The first-order chi connectivity index (χ1) is 10.7. The highest BCUT2D eigenvalue weighted by Crippen LogP contribution is 2.17. The number of H-pyrrole nitrogens is 1. The fourth-order valence-corrected chi connectivity index (χ4v) is 2.18. The molecule has 2 N–H and O–H groups in total. The quantitative estimate of drug-likeness (QED) is 0.776. The molecule has 2 aromatic heterocycles. The van der Waals surface area contributed by atoms with Gasteiger partial charge in [-0.25, -0.2) is 0 Å². The van der Waals surface area contributed by atoms with Gasteiger partial charge in [0.1, 0.15) is 5.69 Å². The van der Waals surface area contributed by atoms with E-state index in [1.54, 1.807) is 12.3 Å². The topological polar surface area (TPSA) is 70.7 Å². The molecule has 3 aromatic rings. The first-order valence-electron chi connectivity index (χ1n) is 7.06. The van der Waals surface area contributed by atoms with Crippen LogP contribution in [0.1, 0.15) is 29.1 Å². The molecule has 2 heterocycles. The Morgan fingerprint density at radius 1 is 1.14 bits per heavy atom. The molecular weight excluding hydrogens is 276 g/mol. The fraction of sp³-hybridized carbons (Fsp3) is 0.118. The molecule has 1 atom stereocenters. The van der Waals surface area contributed by atoms with Gasteiger partial charge in [0, 0.05) is 11.8 Å². The van der Waals surface area contributed by atoms with E-state index in [1.807, 2.05) is 55.5 Å². The summed E-state index contributed by atoms with van der Waals surface area (Å²) in [5.74, 6) is -0.201. The molecule has 22 heavy (non-hydrogen) atoms. The lowest BCUT2D eigenvalue weighted by Crippen LogP contribution is -2.27. The van der Waals surface area contributed by atoms with E-state index < -0.39 is 0 Å². The summed E-state index contributed by atoms with van der Waals surface area (Å²) in [7, 11) is 0.